The number of aliphatic hydroxyl groups is 5. The van der Waals surface area contributed by atoms with E-state index in [0.717, 1.165) is 0 Å². The number of phosphoric ester groups is 1. The summed E-state index contributed by atoms with van der Waals surface area (Å²) in [5.41, 5.74) is 0. The first-order valence-electron chi connectivity index (χ1n) is 5.61. The highest BCUT2D eigenvalue weighted by Crippen LogP contribution is 2.25. The molecule has 0 rings (SSSR count). The topological polar surface area (TPSA) is 191 Å². The van der Waals surface area contributed by atoms with E-state index in [1.807, 2.05) is 0 Å². The molecule has 0 aliphatic rings. The number of hydrogen-bond acceptors (Lipinski definition) is 10. The first-order valence-corrected chi connectivity index (χ1v) is 7.07. The first-order chi connectivity index (χ1) is 9.01. The number of ketones is 1. The molecule has 0 saturated carbocycles. The second-order valence-corrected chi connectivity index (χ2v) is 5.20. The van der Waals surface area contributed by atoms with Crippen LogP contribution >= 0.6 is 7.82 Å². The van der Waals surface area contributed by atoms with Crippen LogP contribution in [-0.2, 0) is 13.9 Å². The van der Waals surface area contributed by atoms with Gasteiger partial charge in [0.1, 0.15) is 30.5 Å². The maximum Gasteiger partial charge on any atom is 0.163 e. The quantitative estimate of drug-likeness (QED) is 0.259. The molecule has 0 spiro atoms. The molecule has 11 heteroatoms. The Morgan fingerprint density at radius 1 is 1.10 bits per heavy atom. The molecule has 0 radical (unpaired) electrons. The number of carbonyl (C=O) groups is 1. The van der Waals surface area contributed by atoms with Crippen molar-refractivity contribution in [2.75, 3.05) is 6.61 Å². The van der Waals surface area contributed by atoms with Gasteiger partial charge in [0.05, 0.1) is 14.4 Å². The number of Topliss-reactive ketones (excluding diaryl/α,β-unsaturated/α-hetero) is 1. The fraction of sp³-hybridized carbons (Fsp3) is 0.889. The summed E-state index contributed by atoms with van der Waals surface area (Å²) >= 11 is 0. The number of aliphatic hydroxyl groups excluding tert-OH is 5. The Bertz CT molecular complexity index is 355. The molecule has 0 bridgehead atoms. The van der Waals surface area contributed by atoms with Gasteiger partial charge in [-0.05, 0) is 0 Å². The summed E-state index contributed by atoms with van der Waals surface area (Å²) in [6.07, 6.45) is -10.5. The third-order valence-electron chi connectivity index (χ3n) is 2.50. The molecule has 5 atom stereocenters. The monoisotopic (exact) mass is 316 g/mol. The predicted molar refractivity (Wildman–Crippen MR) is 58.9 cm³/mol. The fourth-order valence-corrected chi connectivity index (χ4v) is 1.62. The fourth-order valence-electron chi connectivity index (χ4n) is 1.28. The summed E-state index contributed by atoms with van der Waals surface area (Å²) in [5, 5.41) is 46.9. The van der Waals surface area contributed by atoms with Crippen molar-refractivity contribution >= 4 is 13.6 Å². The third kappa shape index (κ3) is 6.35. The van der Waals surface area contributed by atoms with Crippen LogP contribution in [0.15, 0.2) is 0 Å². The van der Waals surface area contributed by atoms with E-state index in [1.54, 1.807) is 0 Å². The number of carbonyl (C=O) groups excluding carboxylic acids is 1. The Balaban J connectivity index is 4.55. The second kappa shape index (κ2) is 8.13. The van der Waals surface area contributed by atoms with Crippen LogP contribution in [0.2, 0.25) is 0 Å². The van der Waals surface area contributed by atoms with Gasteiger partial charge in [0.25, 0.3) is 0 Å². The van der Waals surface area contributed by atoms with Crippen molar-refractivity contribution in [3.63, 3.8) is 0 Å². The number of rotatable bonds is 9. The van der Waals surface area contributed by atoms with Gasteiger partial charge in [0.2, 0.25) is 0 Å². The van der Waals surface area contributed by atoms with Gasteiger partial charge in [-0.3, -0.25) is 4.79 Å². The zero-order chi connectivity index (χ0) is 16.1. The van der Waals surface area contributed by atoms with Crippen molar-refractivity contribution in [2.24, 2.45) is 0 Å². The maximum absolute atomic E-state index is 11.1. The lowest BCUT2D eigenvalue weighted by Crippen LogP contribution is -2.52. The molecule has 0 aromatic rings. The molecule has 0 aliphatic heterocycles. The Kier molecular flexibility index (Phi) is 7.96. The molecule has 20 heavy (non-hydrogen) atoms. The molecular weight excluding hydrogens is 299 g/mol. The van der Waals surface area contributed by atoms with Crippen LogP contribution in [0.3, 0.4) is 0 Å². The molecule has 0 unspecified atom stereocenters. The van der Waals surface area contributed by atoms with E-state index in [1.165, 1.54) is 6.92 Å². The average molecular weight is 316 g/mol. The molecule has 0 aromatic heterocycles. The van der Waals surface area contributed by atoms with Crippen molar-refractivity contribution in [3.05, 3.63) is 0 Å². The van der Waals surface area contributed by atoms with Gasteiger partial charge in [0.15, 0.2) is 5.78 Å². The van der Waals surface area contributed by atoms with Gasteiger partial charge in [0, 0.05) is 6.42 Å². The number of hydrogen-bond donors (Lipinski definition) is 5. The molecule has 10 nitrogen and oxygen atoms in total. The van der Waals surface area contributed by atoms with E-state index in [4.69, 9.17) is 0 Å². The lowest BCUT2D eigenvalue weighted by atomic mass is 9.96. The zero-order valence-electron chi connectivity index (χ0n) is 10.5. The van der Waals surface area contributed by atoms with Crippen LogP contribution < -0.4 is 9.79 Å². The Labute approximate surface area is 114 Å². The largest absolute Gasteiger partial charge is 0.790 e. The van der Waals surface area contributed by atoms with Crippen molar-refractivity contribution < 1.29 is 49.2 Å². The number of phosphoric acid groups is 1. The lowest BCUT2D eigenvalue weighted by Gasteiger charge is -2.32. The van der Waals surface area contributed by atoms with E-state index in [2.05, 4.69) is 4.52 Å². The highest BCUT2D eigenvalue weighted by atomic mass is 31.2. The van der Waals surface area contributed by atoms with Gasteiger partial charge < -0.3 is 44.4 Å². The summed E-state index contributed by atoms with van der Waals surface area (Å²) < 4.78 is 13.8. The smallest absolute Gasteiger partial charge is 0.163 e. The van der Waals surface area contributed by atoms with Crippen LogP contribution in [-0.4, -0.2) is 68.4 Å². The van der Waals surface area contributed by atoms with E-state index in [-0.39, 0.29) is 6.42 Å². The molecule has 0 aliphatic carbocycles. The van der Waals surface area contributed by atoms with E-state index >= 15 is 0 Å². The van der Waals surface area contributed by atoms with Crippen molar-refractivity contribution in [1.82, 2.24) is 0 Å². The first kappa shape index (κ1) is 19.6. The highest BCUT2D eigenvalue weighted by Gasteiger charge is 2.36. The summed E-state index contributed by atoms with van der Waals surface area (Å²) in [4.78, 5) is 31.4. The molecular formula is C9H17O10P-2. The van der Waals surface area contributed by atoms with Gasteiger partial charge in [-0.15, -0.1) is 0 Å². The van der Waals surface area contributed by atoms with Crippen LogP contribution in [0, 0.1) is 0 Å². The molecule has 0 amide bonds. The minimum Gasteiger partial charge on any atom is -0.790 e. The zero-order valence-corrected chi connectivity index (χ0v) is 11.4. The van der Waals surface area contributed by atoms with Crippen LogP contribution in [0.1, 0.15) is 13.3 Å². The molecule has 0 fully saturated rings. The van der Waals surface area contributed by atoms with Crippen LogP contribution in [0.25, 0.3) is 0 Å². The average Bonchev–Trinajstić information content (AvgIpc) is 2.39. The summed E-state index contributed by atoms with van der Waals surface area (Å²) in [7, 11) is -5.37. The second-order valence-electron chi connectivity index (χ2n) is 4.05. The van der Waals surface area contributed by atoms with Crippen molar-refractivity contribution in [3.8, 4) is 0 Å². The SMILES string of the molecule is CCC(=O)[C@@H](O)[C@H](O)[C@H](O)[C@H](O)[C@H](O)COP(=O)([O-])[O-]. The standard InChI is InChI=1S/C9H19O10P/c1-2-4(10)6(12)8(14)9(15)7(13)5(11)3-19-20(16,17)18/h5-9,11-15H,2-3H2,1H3,(H2,16,17,18)/p-2/t5-,6-,7-,8+,9-/m1/s1. The highest BCUT2D eigenvalue weighted by molar-refractivity contribution is 7.43. The third-order valence-corrected chi connectivity index (χ3v) is 2.96. The maximum atomic E-state index is 11.1. The van der Waals surface area contributed by atoms with Gasteiger partial charge in [-0.2, -0.15) is 0 Å². The normalized spacial score (nSPS) is 20.0. The van der Waals surface area contributed by atoms with Gasteiger partial charge in [-0.25, -0.2) is 0 Å². The van der Waals surface area contributed by atoms with E-state index in [9.17, 15) is 44.7 Å². The molecule has 0 aromatic carbocycles. The summed E-state index contributed by atoms with van der Waals surface area (Å²) in [6.45, 7) is 0.247. The molecule has 0 heterocycles. The van der Waals surface area contributed by atoms with Gasteiger partial charge >= 0.3 is 0 Å². The van der Waals surface area contributed by atoms with Crippen molar-refractivity contribution in [1.29, 1.82) is 0 Å². The predicted octanol–water partition coefficient (Wildman–Crippen LogP) is -4.38. The summed E-state index contributed by atoms with van der Waals surface area (Å²) in [5.74, 6) is -0.807. The van der Waals surface area contributed by atoms with Crippen LogP contribution in [0.5, 0.6) is 0 Å². The minimum atomic E-state index is -5.37. The Morgan fingerprint density at radius 3 is 2.00 bits per heavy atom. The summed E-state index contributed by atoms with van der Waals surface area (Å²) in [6, 6.07) is 0. The van der Waals surface area contributed by atoms with E-state index in [0.29, 0.717) is 0 Å². The van der Waals surface area contributed by atoms with E-state index < -0.39 is 50.7 Å². The lowest BCUT2D eigenvalue weighted by molar-refractivity contribution is -0.343. The minimum absolute atomic E-state index is 0.137. The molecule has 5 N–H and O–H groups in total. The van der Waals surface area contributed by atoms with Crippen molar-refractivity contribution in [2.45, 2.75) is 43.9 Å². The Morgan fingerprint density at radius 2 is 1.60 bits per heavy atom. The molecule has 120 valence electrons. The Hall–Kier alpha value is -0.420. The van der Waals surface area contributed by atoms with Crippen LogP contribution in [0.4, 0.5) is 0 Å². The van der Waals surface area contributed by atoms with Gasteiger partial charge in [-0.1, -0.05) is 6.92 Å². The molecule has 0 saturated heterocycles.